The second-order valence-electron chi connectivity index (χ2n) is 9.42. The summed E-state index contributed by atoms with van der Waals surface area (Å²) in [5, 5.41) is 3.50. The highest BCUT2D eigenvalue weighted by Crippen LogP contribution is 2.44. The molecule has 8 nitrogen and oxygen atoms in total. The minimum atomic E-state index is -0.289. The second-order valence-corrected chi connectivity index (χ2v) is 10.3. The number of aliphatic imine (C=N–C) groups is 1. The van der Waals surface area contributed by atoms with Crippen LogP contribution in [0.4, 0.5) is 26.6 Å². The van der Waals surface area contributed by atoms with Gasteiger partial charge >= 0.3 is 6.03 Å². The van der Waals surface area contributed by atoms with Gasteiger partial charge in [-0.1, -0.05) is 29.8 Å². The lowest BCUT2D eigenvalue weighted by molar-refractivity contribution is 0.229. The summed E-state index contributed by atoms with van der Waals surface area (Å²) < 4.78 is 14.5. The van der Waals surface area contributed by atoms with Crippen LogP contribution in [0.15, 0.2) is 39.9 Å². The van der Waals surface area contributed by atoms with E-state index in [4.69, 9.17) is 9.98 Å². The molecule has 1 aromatic heterocycles. The highest BCUT2D eigenvalue weighted by atomic mass is 79.9. The molecule has 3 heterocycles. The summed E-state index contributed by atoms with van der Waals surface area (Å²) in [6.45, 7) is 5.55. The molecule has 1 saturated heterocycles. The zero-order chi connectivity index (χ0) is 23.3. The van der Waals surface area contributed by atoms with Crippen LogP contribution in [0.5, 0.6) is 0 Å². The van der Waals surface area contributed by atoms with Gasteiger partial charge in [0.2, 0.25) is 5.95 Å². The molecule has 174 valence electrons. The van der Waals surface area contributed by atoms with Gasteiger partial charge in [-0.2, -0.15) is 4.98 Å². The predicted octanol–water partition coefficient (Wildman–Crippen LogP) is 4.14. The van der Waals surface area contributed by atoms with Crippen LogP contribution in [-0.4, -0.2) is 65.0 Å². The molecule has 2 atom stereocenters. The van der Waals surface area contributed by atoms with E-state index in [-0.39, 0.29) is 29.5 Å². The number of nitrogens with one attached hydrogen (secondary N) is 1. The van der Waals surface area contributed by atoms with Crippen molar-refractivity contribution in [3.05, 3.63) is 40.8 Å². The Labute approximate surface area is 201 Å². The number of likely N-dealkylation sites (N-methyl/N-ethyl adjacent to an activating group) is 1. The summed E-state index contributed by atoms with van der Waals surface area (Å²) in [5.41, 5.74) is 0.524. The summed E-state index contributed by atoms with van der Waals surface area (Å²) in [6.07, 6.45) is 5.36. The molecule has 1 saturated carbocycles. The topological polar surface area (TPSA) is 77.0 Å². The van der Waals surface area contributed by atoms with Crippen molar-refractivity contribution in [2.45, 2.75) is 44.3 Å². The lowest BCUT2D eigenvalue weighted by atomic mass is 10.0. The van der Waals surface area contributed by atoms with Gasteiger partial charge in [0.05, 0.1) is 24.0 Å². The van der Waals surface area contributed by atoms with E-state index in [1.54, 1.807) is 28.4 Å². The van der Waals surface area contributed by atoms with Crippen LogP contribution in [0.1, 0.15) is 26.7 Å². The molecule has 2 fully saturated rings. The quantitative estimate of drug-likeness (QED) is 0.625. The zero-order valence-electron chi connectivity index (χ0n) is 18.9. The number of carbonyl (C=O) groups excluding carboxylic acids is 1. The lowest BCUT2D eigenvalue weighted by Crippen LogP contribution is -2.40. The van der Waals surface area contributed by atoms with Gasteiger partial charge in [0.15, 0.2) is 0 Å². The first kappa shape index (κ1) is 22.1. The van der Waals surface area contributed by atoms with Crippen molar-refractivity contribution < 1.29 is 9.18 Å². The Hall–Kier alpha value is -2.75. The van der Waals surface area contributed by atoms with Crippen molar-refractivity contribution in [2.75, 3.05) is 35.3 Å². The van der Waals surface area contributed by atoms with Crippen LogP contribution in [0.2, 0.25) is 0 Å². The van der Waals surface area contributed by atoms with Crippen molar-refractivity contribution in [1.29, 1.82) is 0 Å². The average Bonchev–Trinajstić information content (AvgIpc) is 3.23. The molecule has 2 aliphatic heterocycles. The molecular weight excluding hydrogens is 489 g/mol. The minimum absolute atomic E-state index is 0.00485. The van der Waals surface area contributed by atoms with Gasteiger partial charge in [-0.25, -0.2) is 14.2 Å². The van der Waals surface area contributed by atoms with E-state index >= 15 is 0 Å². The number of carbonyl (C=O) groups is 1. The van der Waals surface area contributed by atoms with E-state index < -0.39 is 0 Å². The number of urea groups is 1. The fourth-order valence-corrected chi connectivity index (χ4v) is 5.07. The van der Waals surface area contributed by atoms with Crippen molar-refractivity contribution in [3.63, 3.8) is 0 Å². The molecule has 33 heavy (non-hydrogen) atoms. The molecule has 1 aromatic carbocycles. The van der Waals surface area contributed by atoms with Crippen molar-refractivity contribution >= 4 is 45.8 Å². The maximum atomic E-state index is 13.8. The van der Waals surface area contributed by atoms with Gasteiger partial charge in [-0.05, 0) is 43.0 Å². The maximum Gasteiger partial charge on any atom is 0.325 e. The highest BCUT2D eigenvalue weighted by Gasteiger charge is 2.52. The smallest absolute Gasteiger partial charge is 0.325 e. The summed E-state index contributed by atoms with van der Waals surface area (Å²) in [6, 6.07) is 6.63. The van der Waals surface area contributed by atoms with Crippen LogP contribution in [0.25, 0.3) is 0 Å². The second kappa shape index (κ2) is 8.23. The molecule has 2 aromatic rings. The number of amides is 2. The summed E-state index contributed by atoms with van der Waals surface area (Å²) in [7, 11) is 1.82. The van der Waals surface area contributed by atoms with Crippen molar-refractivity contribution in [1.82, 2.24) is 14.9 Å². The molecule has 0 radical (unpaired) electrons. The molecule has 1 N–H and O–H groups in total. The Morgan fingerprint density at radius 2 is 2.03 bits per heavy atom. The first-order valence-electron chi connectivity index (χ1n) is 11.2. The van der Waals surface area contributed by atoms with E-state index in [1.807, 2.05) is 18.0 Å². The number of hydrogen-bond donors (Lipinski definition) is 1. The predicted molar refractivity (Wildman–Crippen MR) is 130 cm³/mol. The van der Waals surface area contributed by atoms with Crippen LogP contribution < -0.4 is 15.1 Å². The molecule has 10 heteroatoms. The van der Waals surface area contributed by atoms with Gasteiger partial charge in [0.1, 0.15) is 11.6 Å². The molecular formula is C23H27BrFN7O. The number of rotatable bonds is 6. The van der Waals surface area contributed by atoms with E-state index in [1.165, 1.54) is 12.1 Å². The van der Waals surface area contributed by atoms with Gasteiger partial charge in [0, 0.05) is 36.5 Å². The number of aromatic nitrogens is 2. The Kier molecular flexibility index (Phi) is 5.50. The monoisotopic (exact) mass is 515 g/mol. The lowest BCUT2D eigenvalue weighted by Gasteiger charge is -2.27. The number of benzene rings is 1. The van der Waals surface area contributed by atoms with Crippen molar-refractivity contribution in [2.24, 2.45) is 10.9 Å². The third-order valence-corrected chi connectivity index (χ3v) is 7.16. The van der Waals surface area contributed by atoms with E-state index in [0.29, 0.717) is 35.2 Å². The summed E-state index contributed by atoms with van der Waals surface area (Å²) >= 11 is 3.36. The highest BCUT2D eigenvalue weighted by molar-refractivity contribution is 9.10. The van der Waals surface area contributed by atoms with Crippen LogP contribution in [-0.2, 0) is 0 Å². The number of halogens is 2. The molecule has 0 bridgehead atoms. The number of anilines is 3. The number of hydrogen-bond acceptors (Lipinski definition) is 6. The average molecular weight is 516 g/mol. The number of nitrogens with zero attached hydrogens (tertiary/aromatic N) is 6. The third kappa shape index (κ3) is 4.16. The van der Waals surface area contributed by atoms with Gasteiger partial charge in [-0.15, -0.1) is 0 Å². The van der Waals surface area contributed by atoms with E-state index in [9.17, 15) is 9.18 Å². The first-order chi connectivity index (χ1) is 15.8. The van der Waals surface area contributed by atoms with E-state index in [2.05, 4.69) is 40.1 Å². The van der Waals surface area contributed by atoms with Gasteiger partial charge in [0.25, 0.3) is 0 Å². The third-order valence-electron chi connectivity index (χ3n) is 6.70. The Bertz CT molecular complexity index is 1090. The van der Waals surface area contributed by atoms with Crippen molar-refractivity contribution in [3.8, 4) is 0 Å². The minimum Gasteiger partial charge on any atom is -0.346 e. The molecule has 5 rings (SSSR count). The summed E-state index contributed by atoms with van der Waals surface area (Å²) in [5.74, 6) is 1.12. The van der Waals surface area contributed by atoms with E-state index in [0.717, 1.165) is 18.5 Å². The largest absolute Gasteiger partial charge is 0.346 e. The van der Waals surface area contributed by atoms with Gasteiger partial charge < -0.3 is 15.1 Å². The SMILES string of the molecule is CC(C)[C@H]1CN(C)C(=O)N1c1ccnc(NC2(C3CN(c4cc(F)cc(Br)c4)C=N3)CC2)n1. The fraction of sp³-hybridized carbons (Fsp3) is 0.478. The Morgan fingerprint density at radius 3 is 2.73 bits per heavy atom. The molecule has 1 unspecified atom stereocenters. The Balaban J connectivity index is 1.32. The molecule has 3 aliphatic rings. The van der Waals surface area contributed by atoms with Crippen LogP contribution in [0.3, 0.4) is 0 Å². The Morgan fingerprint density at radius 1 is 1.24 bits per heavy atom. The van der Waals surface area contributed by atoms with Gasteiger partial charge in [-0.3, -0.25) is 9.89 Å². The molecule has 1 aliphatic carbocycles. The fourth-order valence-electron chi connectivity index (χ4n) is 4.62. The molecule has 2 amide bonds. The van der Waals surface area contributed by atoms with Crippen LogP contribution >= 0.6 is 15.9 Å². The summed E-state index contributed by atoms with van der Waals surface area (Å²) in [4.78, 5) is 32.1. The first-order valence-corrected chi connectivity index (χ1v) is 12.0. The standard InChI is InChI=1S/C23H27BrFN7O/c1-14(2)18-11-30(3)22(33)32(18)20-4-7-26-21(28-20)29-23(5-6-23)19-12-31(13-27-19)17-9-15(24)8-16(25)10-17/h4,7-10,13-14,18-19H,5-6,11-12H2,1-3H3,(H,26,28,29)/t18-,19?/m1/s1. The normalized spacial score (nSPS) is 23.7. The molecule has 0 spiro atoms. The zero-order valence-corrected chi connectivity index (χ0v) is 20.5. The van der Waals surface area contributed by atoms with Crippen LogP contribution in [0, 0.1) is 11.7 Å². The maximum absolute atomic E-state index is 13.8.